The van der Waals surface area contributed by atoms with Crippen molar-refractivity contribution in [1.82, 2.24) is 10.4 Å². The topological polar surface area (TPSA) is 32.3 Å². The summed E-state index contributed by atoms with van der Waals surface area (Å²) in [6, 6.07) is 19.1. The number of hydrogen-bond donors (Lipinski definition) is 1. The number of nitrogens with one attached hydrogen (secondary N) is 1. The van der Waals surface area contributed by atoms with Gasteiger partial charge in [-0.2, -0.15) is 0 Å². The van der Waals surface area contributed by atoms with Crippen LogP contribution in [0.2, 0.25) is 0 Å². The van der Waals surface area contributed by atoms with E-state index in [9.17, 15) is 4.79 Å². The van der Waals surface area contributed by atoms with E-state index < -0.39 is 0 Å². The molecule has 0 aromatic heterocycles. The molecule has 148 valence electrons. The SMILES string of the molecule is Cc1ccc(C(=O)N2NC(c3ccccc3)C3C(C)CCC(C(C)C)C32)cc1. The van der Waals surface area contributed by atoms with Crippen molar-refractivity contribution in [3.8, 4) is 0 Å². The summed E-state index contributed by atoms with van der Waals surface area (Å²) in [5, 5.41) is 1.99. The molecule has 0 bridgehead atoms. The molecule has 3 heteroatoms. The number of hydrazine groups is 1. The average molecular weight is 377 g/mol. The highest BCUT2D eigenvalue weighted by Gasteiger charge is 2.52. The highest BCUT2D eigenvalue weighted by atomic mass is 16.2. The quantitative estimate of drug-likeness (QED) is 0.779. The van der Waals surface area contributed by atoms with Crippen molar-refractivity contribution >= 4 is 5.91 Å². The third-order valence-corrected chi connectivity index (χ3v) is 6.94. The minimum atomic E-state index is 0.105. The van der Waals surface area contributed by atoms with Crippen molar-refractivity contribution < 1.29 is 4.79 Å². The minimum Gasteiger partial charge on any atom is -0.270 e. The zero-order valence-corrected chi connectivity index (χ0v) is 17.4. The summed E-state index contributed by atoms with van der Waals surface area (Å²) in [5.74, 6) is 2.22. The molecule has 1 aliphatic carbocycles. The number of aryl methyl sites for hydroxylation is 1. The molecule has 5 atom stereocenters. The Morgan fingerprint density at radius 3 is 2.36 bits per heavy atom. The first kappa shape index (κ1) is 19.2. The van der Waals surface area contributed by atoms with Gasteiger partial charge in [-0.15, -0.1) is 0 Å². The smallest absolute Gasteiger partial charge is 0.268 e. The molecule has 0 spiro atoms. The van der Waals surface area contributed by atoms with Crippen LogP contribution in [0.25, 0.3) is 0 Å². The molecule has 5 unspecified atom stereocenters. The summed E-state index contributed by atoms with van der Waals surface area (Å²) < 4.78 is 0. The van der Waals surface area contributed by atoms with Crippen LogP contribution in [0.5, 0.6) is 0 Å². The van der Waals surface area contributed by atoms with Crippen molar-refractivity contribution in [3.63, 3.8) is 0 Å². The molecule has 1 aliphatic heterocycles. The molecule has 1 amide bonds. The molecular weight excluding hydrogens is 344 g/mol. The van der Waals surface area contributed by atoms with Gasteiger partial charge in [0.25, 0.3) is 5.91 Å². The predicted molar refractivity (Wildman–Crippen MR) is 114 cm³/mol. The maximum Gasteiger partial charge on any atom is 0.268 e. The Morgan fingerprint density at radius 2 is 1.71 bits per heavy atom. The van der Waals surface area contributed by atoms with Crippen LogP contribution in [0.4, 0.5) is 0 Å². The van der Waals surface area contributed by atoms with Gasteiger partial charge in [-0.3, -0.25) is 9.80 Å². The number of amides is 1. The van der Waals surface area contributed by atoms with Crippen molar-refractivity contribution in [1.29, 1.82) is 0 Å². The Hall–Kier alpha value is -2.13. The Balaban J connectivity index is 1.74. The second kappa shape index (κ2) is 7.71. The molecule has 1 saturated carbocycles. The first-order valence-electron chi connectivity index (χ1n) is 10.7. The van der Waals surface area contributed by atoms with Crippen LogP contribution in [0.3, 0.4) is 0 Å². The van der Waals surface area contributed by atoms with Gasteiger partial charge in [0, 0.05) is 11.5 Å². The fourth-order valence-electron chi connectivity index (χ4n) is 5.37. The van der Waals surface area contributed by atoms with Gasteiger partial charge >= 0.3 is 0 Å². The largest absolute Gasteiger partial charge is 0.270 e. The van der Waals surface area contributed by atoms with Crippen LogP contribution < -0.4 is 5.43 Å². The third-order valence-electron chi connectivity index (χ3n) is 6.94. The zero-order chi connectivity index (χ0) is 19.8. The van der Waals surface area contributed by atoms with E-state index >= 15 is 0 Å². The Bertz CT molecular complexity index is 814. The molecular formula is C25H32N2O. The van der Waals surface area contributed by atoms with Crippen molar-refractivity contribution in [2.45, 2.75) is 52.6 Å². The van der Waals surface area contributed by atoms with E-state index in [1.54, 1.807) is 0 Å². The van der Waals surface area contributed by atoms with Gasteiger partial charge in [0.1, 0.15) is 0 Å². The van der Waals surface area contributed by atoms with Crippen LogP contribution in [-0.2, 0) is 0 Å². The number of hydrogen-bond acceptors (Lipinski definition) is 2. The molecule has 0 radical (unpaired) electrons. The fraction of sp³-hybridized carbons (Fsp3) is 0.480. The van der Waals surface area contributed by atoms with Gasteiger partial charge in [0.05, 0.1) is 12.1 Å². The van der Waals surface area contributed by atoms with Crippen molar-refractivity contribution in [2.24, 2.45) is 23.7 Å². The number of benzene rings is 2. The molecule has 1 N–H and O–H groups in total. The lowest BCUT2D eigenvalue weighted by Crippen LogP contribution is -2.50. The Morgan fingerprint density at radius 1 is 1.04 bits per heavy atom. The van der Waals surface area contributed by atoms with Gasteiger partial charge in [-0.05, 0) is 55.2 Å². The zero-order valence-electron chi connectivity index (χ0n) is 17.4. The number of carbonyl (C=O) groups is 1. The summed E-state index contributed by atoms with van der Waals surface area (Å²) in [6.07, 6.45) is 2.43. The molecule has 2 fully saturated rings. The van der Waals surface area contributed by atoms with Gasteiger partial charge in [-0.25, -0.2) is 5.43 Å². The van der Waals surface area contributed by atoms with Gasteiger partial charge in [0.2, 0.25) is 0 Å². The van der Waals surface area contributed by atoms with Gasteiger partial charge < -0.3 is 0 Å². The van der Waals surface area contributed by atoms with Crippen LogP contribution in [-0.4, -0.2) is 17.0 Å². The summed E-state index contributed by atoms with van der Waals surface area (Å²) in [7, 11) is 0. The van der Waals surface area contributed by atoms with E-state index in [0.717, 1.165) is 5.56 Å². The second-order valence-corrected chi connectivity index (χ2v) is 9.09. The molecule has 2 aliphatic rings. The summed E-state index contributed by atoms with van der Waals surface area (Å²) in [4.78, 5) is 13.5. The molecule has 1 heterocycles. The fourth-order valence-corrected chi connectivity index (χ4v) is 5.37. The first-order valence-corrected chi connectivity index (χ1v) is 10.7. The van der Waals surface area contributed by atoms with Crippen LogP contribution in [0, 0.1) is 30.6 Å². The standard InChI is InChI=1S/C25H32N2O/c1-16(2)21-15-12-18(4)22-23(19-8-6-5-7-9-19)26-27(24(21)22)25(28)20-13-10-17(3)11-14-20/h5-11,13-14,16,18,21-24,26H,12,15H2,1-4H3. The van der Waals surface area contributed by atoms with Crippen LogP contribution in [0.1, 0.15) is 61.1 Å². The van der Waals surface area contributed by atoms with E-state index in [-0.39, 0.29) is 18.0 Å². The molecule has 2 aromatic carbocycles. The second-order valence-electron chi connectivity index (χ2n) is 9.09. The minimum absolute atomic E-state index is 0.105. The first-order chi connectivity index (χ1) is 13.5. The summed E-state index contributed by atoms with van der Waals surface area (Å²) in [5.41, 5.74) is 6.89. The number of rotatable bonds is 3. The predicted octanol–water partition coefficient (Wildman–Crippen LogP) is 5.38. The highest BCUT2D eigenvalue weighted by Crippen LogP contribution is 2.49. The Kier molecular flexibility index (Phi) is 5.29. The summed E-state index contributed by atoms with van der Waals surface area (Å²) >= 11 is 0. The van der Waals surface area contributed by atoms with Crippen LogP contribution >= 0.6 is 0 Å². The van der Waals surface area contributed by atoms with Gasteiger partial charge in [0.15, 0.2) is 0 Å². The molecule has 2 aromatic rings. The van der Waals surface area contributed by atoms with Crippen molar-refractivity contribution in [2.75, 3.05) is 0 Å². The normalized spacial score (nSPS) is 29.8. The van der Waals surface area contributed by atoms with E-state index in [1.165, 1.54) is 24.0 Å². The molecule has 3 nitrogen and oxygen atoms in total. The van der Waals surface area contributed by atoms with Crippen molar-refractivity contribution in [3.05, 3.63) is 71.3 Å². The maximum absolute atomic E-state index is 13.5. The summed E-state index contributed by atoms with van der Waals surface area (Å²) in [6.45, 7) is 9.04. The number of fused-ring (bicyclic) bond motifs is 1. The van der Waals surface area contributed by atoms with E-state index in [4.69, 9.17) is 0 Å². The average Bonchev–Trinajstić information content (AvgIpc) is 3.10. The maximum atomic E-state index is 13.5. The molecule has 28 heavy (non-hydrogen) atoms. The van der Waals surface area contributed by atoms with Crippen LogP contribution in [0.15, 0.2) is 54.6 Å². The lowest BCUT2D eigenvalue weighted by atomic mass is 9.65. The van der Waals surface area contributed by atoms with E-state index in [2.05, 4.69) is 63.5 Å². The lowest BCUT2D eigenvalue weighted by molar-refractivity contribution is 0.0338. The molecule has 4 rings (SSSR count). The highest BCUT2D eigenvalue weighted by molar-refractivity contribution is 5.94. The molecule has 1 saturated heterocycles. The third kappa shape index (κ3) is 3.37. The number of nitrogens with zero attached hydrogens (tertiary/aromatic N) is 1. The van der Waals surface area contributed by atoms with E-state index in [1.807, 2.05) is 29.3 Å². The Labute approximate surface area is 169 Å². The lowest BCUT2D eigenvalue weighted by Gasteiger charge is -2.43. The monoisotopic (exact) mass is 376 g/mol. The van der Waals surface area contributed by atoms with Gasteiger partial charge in [-0.1, -0.05) is 68.8 Å². The van der Waals surface area contributed by atoms with E-state index in [0.29, 0.717) is 23.7 Å². The number of carbonyl (C=O) groups excluding carboxylic acids is 1.